The van der Waals surface area contributed by atoms with E-state index in [0.717, 1.165) is 24.6 Å². The highest BCUT2D eigenvalue weighted by Crippen LogP contribution is 2.29. The average molecular weight is 281 g/mol. The highest BCUT2D eigenvalue weighted by molar-refractivity contribution is 7.80. The molecular formula is C16H27NOS. The lowest BCUT2D eigenvalue weighted by Crippen LogP contribution is -2.36. The number of methoxy groups -OCH3 is 1. The second-order valence-corrected chi connectivity index (χ2v) is 5.71. The predicted octanol–water partition coefficient (Wildman–Crippen LogP) is 3.86. The molecule has 0 aliphatic rings. The number of rotatable bonds is 8. The van der Waals surface area contributed by atoms with E-state index in [9.17, 15) is 0 Å². The van der Waals surface area contributed by atoms with Crippen molar-refractivity contribution in [2.45, 2.75) is 33.2 Å². The van der Waals surface area contributed by atoms with Gasteiger partial charge in [0.1, 0.15) is 5.75 Å². The lowest BCUT2D eigenvalue weighted by Gasteiger charge is -2.34. The highest BCUT2D eigenvalue weighted by Gasteiger charge is 2.26. The Bertz CT molecular complexity index is 369. The van der Waals surface area contributed by atoms with Crippen LogP contribution in [0.15, 0.2) is 24.3 Å². The monoisotopic (exact) mass is 281 g/mol. The SMILES string of the molecule is CCC(CC)(CS)CN(C)Cc1cccc(OC)c1. The van der Waals surface area contributed by atoms with Gasteiger partial charge in [-0.1, -0.05) is 26.0 Å². The lowest BCUT2D eigenvalue weighted by atomic mass is 9.84. The molecule has 3 heteroatoms. The highest BCUT2D eigenvalue weighted by atomic mass is 32.1. The number of ether oxygens (including phenoxy) is 1. The molecule has 108 valence electrons. The summed E-state index contributed by atoms with van der Waals surface area (Å²) in [7, 11) is 3.89. The van der Waals surface area contributed by atoms with Gasteiger partial charge in [-0.05, 0) is 48.8 Å². The minimum atomic E-state index is 0.330. The summed E-state index contributed by atoms with van der Waals surface area (Å²) in [6, 6.07) is 8.29. The first-order chi connectivity index (χ1) is 9.09. The summed E-state index contributed by atoms with van der Waals surface area (Å²) in [5.41, 5.74) is 1.62. The van der Waals surface area contributed by atoms with Crippen molar-refractivity contribution in [3.63, 3.8) is 0 Å². The van der Waals surface area contributed by atoms with Gasteiger partial charge in [0.2, 0.25) is 0 Å². The van der Waals surface area contributed by atoms with E-state index in [4.69, 9.17) is 4.74 Å². The van der Waals surface area contributed by atoms with Crippen molar-refractivity contribution < 1.29 is 4.74 Å². The molecule has 0 aliphatic heterocycles. The van der Waals surface area contributed by atoms with Gasteiger partial charge in [0.25, 0.3) is 0 Å². The first-order valence-corrected chi connectivity index (χ1v) is 7.64. The summed E-state index contributed by atoms with van der Waals surface area (Å²) in [4.78, 5) is 2.39. The predicted molar refractivity (Wildman–Crippen MR) is 86.2 cm³/mol. The first-order valence-electron chi connectivity index (χ1n) is 7.01. The Morgan fingerprint density at radius 2 is 1.95 bits per heavy atom. The van der Waals surface area contributed by atoms with Crippen molar-refractivity contribution in [1.82, 2.24) is 4.90 Å². The maximum absolute atomic E-state index is 5.27. The van der Waals surface area contributed by atoms with Gasteiger partial charge in [0.15, 0.2) is 0 Å². The topological polar surface area (TPSA) is 12.5 Å². The van der Waals surface area contributed by atoms with E-state index in [1.165, 1.54) is 18.4 Å². The number of benzene rings is 1. The fourth-order valence-corrected chi connectivity index (χ4v) is 3.01. The van der Waals surface area contributed by atoms with E-state index in [1.807, 2.05) is 12.1 Å². The average Bonchev–Trinajstić information content (AvgIpc) is 2.45. The van der Waals surface area contributed by atoms with Crippen molar-refractivity contribution >= 4 is 12.6 Å². The van der Waals surface area contributed by atoms with Gasteiger partial charge < -0.3 is 9.64 Å². The zero-order valence-corrected chi connectivity index (χ0v) is 13.5. The van der Waals surface area contributed by atoms with Crippen LogP contribution in [0.4, 0.5) is 0 Å². The van der Waals surface area contributed by atoms with Crippen molar-refractivity contribution in [1.29, 1.82) is 0 Å². The Morgan fingerprint density at radius 1 is 1.26 bits per heavy atom. The summed E-state index contributed by atoms with van der Waals surface area (Å²) >= 11 is 4.55. The van der Waals surface area contributed by atoms with Gasteiger partial charge in [-0.25, -0.2) is 0 Å². The molecule has 0 bridgehead atoms. The summed E-state index contributed by atoms with van der Waals surface area (Å²) in [6.07, 6.45) is 2.35. The van der Waals surface area contributed by atoms with Crippen LogP contribution < -0.4 is 4.74 Å². The molecule has 0 saturated carbocycles. The Morgan fingerprint density at radius 3 is 2.47 bits per heavy atom. The molecule has 1 aromatic carbocycles. The standard InChI is InChI=1S/C16H27NOS/c1-5-16(6-2,13-19)12-17(3)11-14-8-7-9-15(10-14)18-4/h7-10,19H,5-6,11-13H2,1-4H3. The van der Waals surface area contributed by atoms with E-state index in [-0.39, 0.29) is 0 Å². The van der Waals surface area contributed by atoms with Crippen LogP contribution in [0.3, 0.4) is 0 Å². The molecule has 1 aromatic rings. The van der Waals surface area contributed by atoms with E-state index >= 15 is 0 Å². The Kier molecular flexibility index (Phi) is 6.73. The summed E-state index contributed by atoms with van der Waals surface area (Å²) in [5.74, 6) is 1.87. The Labute approximate surface area is 123 Å². The van der Waals surface area contributed by atoms with Gasteiger partial charge in [-0.2, -0.15) is 12.6 Å². The maximum atomic E-state index is 5.27. The normalized spacial score (nSPS) is 11.9. The lowest BCUT2D eigenvalue weighted by molar-refractivity contribution is 0.179. The fraction of sp³-hybridized carbons (Fsp3) is 0.625. The molecule has 2 nitrogen and oxygen atoms in total. The van der Waals surface area contributed by atoms with Crippen LogP contribution in [0.25, 0.3) is 0 Å². The molecule has 0 fully saturated rings. The van der Waals surface area contributed by atoms with E-state index in [2.05, 4.69) is 50.6 Å². The van der Waals surface area contributed by atoms with Crippen molar-refractivity contribution in [3.05, 3.63) is 29.8 Å². The van der Waals surface area contributed by atoms with Gasteiger partial charge in [0, 0.05) is 13.1 Å². The molecule has 0 radical (unpaired) electrons. The molecule has 0 atom stereocenters. The van der Waals surface area contributed by atoms with E-state index < -0.39 is 0 Å². The fourth-order valence-electron chi connectivity index (χ4n) is 2.46. The maximum Gasteiger partial charge on any atom is 0.119 e. The van der Waals surface area contributed by atoms with Gasteiger partial charge in [0.05, 0.1) is 7.11 Å². The Balaban J connectivity index is 2.65. The third-order valence-corrected chi connectivity index (χ3v) is 4.70. The molecule has 1 rings (SSSR count). The van der Waals surface area contributed by atoms with Crippen molar-refractivity contribution in [2.75, 3.05) is 26.5 Å². The molecular weight excluding hydrogens is 254 g/mol. The summed E-state index contributed by atoms with van der Waals surface area (Å²) in [6.45, 7) is 6.56. The molecule has 0 unspecified atom stereocenters. The minimum Gasteiger partial charge on any atom is -0.497 e. The van der Waals surface area contributed by atoms with Crippen LogP contribution in [0, 0.1) is 5.41 Å². The van der Waals surface area contributed by atoms with Crippen molar-refractivity contribution in [3.8, 4) is 5.75 Å². The third-order valence-electron chi connectivity index (χ3n) is 4.03. The first kappa shape index (κ1) is 16.4. The minimum absolute atomic E-state index is 0.330. The number of hydrogen-bond donors (Lipinski definition) is 1. The molecule has 0 N–H and O–H groups in total. The number of hydrogen-bond acceptors (Lipinski definition) is 3. The quantitative estimate of drug-likeness (QED) is 0.726. The van der Waals surface area contributed by atoms with Gasteiger partial charge in [-0.15, -0.1) is 0 Å². The largest absolute Gasteiger partial charge is 0.497 e. The summed E-state index contributed by atoms with van der Waals surface area (Å²) in [5, 5.41) is 0. The molecule has 0 amide bonds. The third kappa shape index (κ3) is 4.73. The van der Waals surface area contributed by atoms with E-state index in [1.54, 1.807) is 7.11 Å². The molecule has 0 spiro atoms. The van der Waals surface area contributed by atoms with E-state index in [0.29, 0.717) is 5.41 Å². The van der Waals surface area contributed by atoms with Crippen LogP contribution >= 0.6 is 12.6 Å². The number of nitrogens with zero attached hydrogens (tertiary/aromatic N) is 1. The number of thiol groups is 1. The van der Waals surface area contributed by atoms with Crippen LogP contribution in [0.1, 0.15) is 32.3 Å². The summed E-state index contributed by atoms with van der Waals surface area (Å²) < 4.78 is 5.27. The van der Waals surface area contributed by atoms with Crippen molar-refractivity contribution in [2.24, 2.45) is 5.41 Å². The molecule has 0 saturated heterocycles. The zero-order valence-electron chi connectivity index (χ0n) is 12.6. The zero-order chi connectivity index (χ0) is 14.3. The smallest absolute Gasteiger partial charge is 0.119 e. The Hall–Kier alpha value is -0.670. The molecule has 0 aliphatic carbocycles. The van der Waals surface area contributed by atoms with Crippen LogP contribution in [-0.4, -0.2) is 31.4 Å². The second kappa shape index (κ2) is 7.81. The van der Waals surface area contributed by atoms with Gasteiger partial charge >= 0.3 is 0 Å². The molecule has 0 aromatic heterocycles. The van der Waals surface area contributed by atoms with Crippen LogP contribution in [0.2, 0.25) is 0 Å². The molecule has 0 heterocycles. The molecule has 19 heavy (non-hydrogen) atoms. The van der Waals surface area contributed by atoms with Gasteiger partial charge in [-0.3, -0.25) is 0 Å². The second-order valence-electron chi connectivity index (χ2n) is 5.39. The van der Waals surface area contributed by atoms with Crippen LogP contribution in [0.5, 0.6) is 5.75 Å². The van der Waals surface area contributed by atoms with Crippen LogP contribution in [-0.2, 0) is 6.54 Å².